The van der Waals surface area contributed by atoms with Crippen LogP contribution in [0.1, 0.15) is 40.2 Å². The van der Waals surface area contributed by atoms with Gasteiger partial charge in [-0.1, -0.05) is 25.1 Å². The molecule has 0 unspecified atom stereocenters. The maximum absolute atomic E-state index is 5.67. The predicted octanol–water partition coefficient (Wildman–Crippen LogP) is 3.49. The molecular weight excluding hydrogens is 427 g/mol. The highest BCUT2D eigenvalue weighted by Gasteiger charge is 2.07. The lowest BCUT2D eigenvalue weighted by Gasteiger charge is -2.25. The fraction of sp³-hybridized carbons (Fsp3) is 0.632. The summed E-state index contributed by atoms with van der Waals surface area (Å²) in [4.78, 5) is 7.12. The summed E-state index contributed by atoms with van der Waals surface area (Å²) in [5.41, 5.74) is 1.11. The SMILES string of the molecule is CCNC(=NCc1ccccc1OCC)NCCN(CC)C(C)C.I. The highest BCUT2D eigenvalue weighted by atomic mass is 127. The van der Waals surface area contributed by atoms with Crippen LogP contribution in [0.3, 0.4) is 0 Å². The third kappa shape index (κ3) is 9.30. The molecule has 0 radical (unpaired) electrons. The van der Waals surface area contributed by atoms with Crippen LogP contribution in [0.2, 0.25) is 0 Å². The number of rotatable bonds is 10. The zero-order valence-electron chi connectivity index (χ0n) is 16.3. The molecule has 1 aromatic carbocycles. The average Bonchev–Trinajstić information content (AvgIpc) is 2.57. The van der Waals surface area contributed by atoms with Gasteiger partial charge < -0.3 is 15.4 Å². The molecule has 6 heteroatoms. The van der Waals surface area contributed by atoms with Crippen LogP contribution in [0.4, 0.5) is 0 Å². The van der Waals surface area contributed by atoms with Gasteiger partial charge in [0.1, 0.15) is 5.75 Å². The topological polar surface area (TPSA) is 48.9 Å². The number of guanidine groups is 1. The zero-order valence-corrected chi connectivity index (χ0v) is 18.7. The third-order valence-corrected chi connectivity index (χ3v) is 3.85. The summed E-state index contributed by atoms with van der Waals surface area (Å²) in [7, 11) is 0. The Morgan fingerprint density at radius 2 is 1.88 bits per heavy atom. The van der Waals surface area contributed by atoms with Crippen LogP contribution in [0.5, 0.6) is 5.75 Å². The fourth-order valence-corrected chi connectivity index (χ4v) is 2.54. The molecule has 0 amide bonds. The first-order valence-electron chi connectivity index (χ1n) is 9.09. The van der Waals surface area contributed by atoms with Crippen molar-refractivity contribution in [2.45, 2.75) is 47.2 Å². The maximum atomic E-state index is 5.67. The van der Waals surface area contributed by atoms with E-state index in [1.54, 1.807) is 0 Å². The summed E-state index contributed by atoms with van der Waals surface area (Å²) in [5, 5.41) is 6.72. The van der Waals surface area contributed by atoms with Gasteiger partial charge in [0, 0.05) is 31.2 Å². The molecule has 0 aliphatic carbocycles. The molecule has 0 saturated carbocycles. The standard InChI is InChI=1S/C19H34N4O.HI/c1-6-20-19(21-13-14-23(7-2)16(4)5)22-15-17-11-9-10-12-18(17)24-8-3;/h9-12,16H,6-8,13-15H2,1-5H3,(H2,20,21,22);1H. The fourth-order valence-electron chi connectivity index (χ4n) is 2.54. The Morgan fingerprint density at radius 3 is 2.48 bits per heavy atom. The van der Waals surface area contributed by atoms with Gasteiger partial charge in [-0.15, -0.1) is 24.0 Å². The van der Waals surface area contributed by atoms with Gasteiger partial charge in [-0.2, -0.15) is 0 Å². The highest BCUT2D eigenvalue weighted by Crippen LogP contribution is 2.18. The van der Waals surface area contributed by atoms with Gasteiger partial charge in [-0.05, 0) is 40.3 Å². The molecule has 0 aromatic heterocycles. The lowest BCUT2D eigenvalue weighted by atomic mass is 10.2. The van der Waals surface area contributed by atoms with Crippen LogP contribution >= 0.6 is 24.0 Å². The summed E-state index contributed by atoms with van der Waals surface area (Å²) in [6.45, 7) is 15.8. The van der Waals surface area contributed by atoms with E-state index in [0.717, 1.165) is 43.5 Å². The zero-order chi connectivity index (χ0) is 17.8. The lowest BCUT2D eigenvalue weighted by molar-refractivity contribution is 0.237. The van der Waals surface area contributed by atoms with Gasteiger partial charge >= 0.3 is 0 Å². The smallest absolute Gasteiger partial charge is 0.191 e. The van der Waals surface area contributed by atoms with Crippen LogP contribution in [-0.2, 0) is 6.54 Å². The van der Waals surface area contributed by atoms with E-state index in [0.29, 0.717) is 19.2 Å². The summed E-state index contributed by atoms with van der Waals surface area (Å²) in [6.07, 6.45) is 0. The normalized spacial score (nSPS) is 11.4. The molecule has 0 aliphatic rings. The molecule has 0 heterocycles. The number of ether oxygens (including phenoxy) is 1. The Balaban J connectivity index is 0.00000576. The monoisotopic (exact) mass is 462 g/mol. The van der Waals surface area contributed by atoms with E-state index in [1.807, 2.05) is 25.1 Å². The molecule has 0 spiro atoms. The minimum atomic E-state index is 0. The van der Waals surface area contributed by atoms with Crippen molar-refractivity contribution in [2.24, 2.45) is 4.99 Å². The number of likely N-dealkylation sites (N-methyl/N-ethyl adjacent to an activating group) is 1. The minimum absolute atomic E-state index is 0. The van der Waals surface area contributed by atoms with Crippen molar-refractivity contribution in [3.63, 3.8) is 0 Å². The van der Waals surface area contributed by atoms with Crippen LogP contribution in [0.15, 0.2) is 29.3 Å². The molecule has 2 N–H and O–H groups in total. The summed E-state index contributed by atoms with van der Waals surface area (Å²) in [6, 6.07) is 8.64. The number of hydrogen-bond acceptors (Lipinski definition) is 3. The van der Waals surface area contributed by atoms with Gasteiger partial charge in [0.2, 0.25) is 0 Å². The minimum Gasteiger partial charge on any atom is -0.494 e. The Labute approximate surface area is 170 Å². The molecule has 144 valence electrons. The van der Waals surface area contributed by atoms with Crippen LogP contribution in [0, 0.1) is 0 Å². The Kier molecular flexibility index (Phi) is 13.6. The maximum Gasteiger partial charge on any atom is 0.191 e. The van der Waals surface area contributed by atoms with Gasteiger partial charge in [0.15, 0.2) is 5.96 Å². The summed E-state index contributed by atoms with van der Waals surface area (Å²) in [5.74, 6) is 1.76. The molecule has 0 fully saturated rings. The van der Waals surface area contributed by atoms with E-state index in [-0.39, 0.29) is 24.0 Å². The largest absolute Gasteiger partial charge is 0.494 e. The van der Waals surface area contributed by atoms with Crippen molar-refractivity contribution in [1.82, 2.24) is 15.5 Å². The van der Waals surface area contributed by atoms with Crippen molar-refractivity contribution in [3.05, 3.63) is 29.8 Å². The van der Waals surface area contributed by atoms with Crippen molar-refractivity contribution in [1.29, 1.82) is 0 Å². The van der Waals surface area contributed by atoms with Crippen molar-refractivity contribution < 1.29 is 4.74 Å². The van der Waals surface area contributed by atoms with E-state index >= 15 is 0 Å². The molecule has 0 atom stereocenters. The van der Waals surface area contributed by atoms with Crippen molar-refractivity contribution in [2.75, 3.05) is 32.8 Å². The summed E-state index contributed by atoms with van der Waals surface area (Å²) >= 11 is 0. The lowest BCUT2D eigenvalue weighted by Crippen LogP contribution is -2.43. The molecule has 0 bridgehead atoms. The molecule has 25 heavy (non-hydrogen) atoms. The van der Waals surface area contributed by atoms with Gasteiger partial charge in [-0.25, -0.2) is 4.99 Å². The molecule has 1 aromatic rings. The molecule has 0 aliphatic heterocycles. The van der Waals surface area contributed by atoms with Gasteiger partial charge in [-0.3, -0.25) is 4.90 Å². The summed E-state index contributed by atoms with van der Waals surface area (Å²) < 4.78 is 5.67. The first-order chi connectivity index (χ1) is 11.6. The number of hydrogen-bond donors (Lipinski definition) is 2. The number of nitrogens with one attached hydrogen (secondary N) is 2. The Hall–Kier alpha value is -1.02. The number of nitrogens with zero attached hydrogens (tertiary/aromatic N) is 2. The molecular formula is C19H35IN4O. The van der Waals surface area contributed by atoms with Gasteiger partial charge in [0.25, 0.3) is 0 Å². The number of aliphatic imine (C=N–C) groups is 1. The predicted molar refractivity (Wildman–Crippen MR) is 118 cm³/mol. The van der Waals surface area contributed by atoms with Crippen LogP contribution in [-0.4, -0.2) is 49.7 Å². The van der Waals surface area contributed by atoms with E-state index in [1.165, 1.54) is 0 Å². The van der Waals surface area contributed by atoms with E-state index in [4.69, 9.17) is 9.73 Å². The molecule has 5 nitrogen and oxygen atoms in total. The number of para-hydroxylation sites is 1. The number of halogens is 1. The average molecular weight is 462 g/mol. The first-order valence-corrected chi connectivity index (χ1v) is 9.09. The Bertz CT molecular complexity index is 494. The first kappa shape index (κ1) is 24.0. The third-order valence-electron chi connectivity index (χ3n) is 3.85. The van der Waals surface area contributed by atoms with E-state index in [2.05, 4.69) is 49.3 Å². The quantitative estimate of drug-likeness (QED) is 0.318. The van der Waals surface area contributed by atoms with Gasteiger partial charge in [0.05, 0.1) is 13.2 Å². The highest BCUT2D eigenvalue weighted by molar-refractivity contribution is 14.0. The Morgan fingerprint density at radius 1 is 1.16 bits per heavy atom. The molecule has 0 saturated heterocycles. The second-order valence-corrected chi connectivity index (χ2v) is 5.89. The van der Waals surface area contributed by atoms with Crippen molar-refractivity contribution >= 4 is 29.9 Å². The second kappa shape index (κ2) is 14.2. The number of benzene rings is 1. The van der Waals surface area contributed by atoms with Crippen LogP contribution < -0.4 is 15.4 Å². The van der Waals surface area contributed by atoms with E-state index in [9.17, 15) is 0 Å². The molecule has 1 rings (SSSR count). The van der Waals surface area contributed by atoms with Crippen LogP contribution in [0.25, 0.3) is 0 Å². The second-order valence-electron chi connectivity index (χ2n) is 5.89. The van der Waals surface area contributed by atoms with Crippen molar-refractivity contribution in [3.8, 4) is 5.75 Å². The van der Waals surface area contributed by atoms with E-state index < -0.39 is 0 Å².